The molecule has 3 aromatic heterocycles. The Morgan fingerprint density at radius 3 is 2.61 bits per heavy atom. The third kappa shape index (κ3) is 8.12. The van der Waals surface area contributed by atoms with Crippen LogP contribution in [0.15, 0.2) is 59.1 Å². The SMILES string of the molecule is CC1=C(c2c(C3CCC3)ncc3snc(O[C@H](Cc4ccccc4OCc4ccnc(C5CC5)n4)C(=O)O)c23)CCC(OCCN2CCN(C)CC2)=C1Cl. The second-order valence-corrected chi connectivity index (χ2v) is 16.1. The molecule has 3 fully saturated rings. The fraction of sp³-hybridized carbons (Fsp3) is 0.488. The van der Waals surface area contributed by atoms with E-state index in [4.69, 9.17) is 35.2 Å². The average molecular weight is 771 g/mol. The highest BCUT2D eigenvalue weighted by molar-refractivity contribution is 7.13. The van der Waals surface area contributed by atoms with Crippen molar-refractivity contribution in [3.05, 3.63) is 87.4 Å². The zero-order valence-electron chi connectivity index (χ0n) is 30.9. The van der Waals surface area contributed by atoms with E-state index >= 15 is 0 Å². The van der Waals surface area contributed by atoms with Crippen LogP contribution < -0.4 is 9.47 Å². The van der Waals surface area contributed by atoms with Gasteiger partial charge < -0.3 is 24.2 Å². The van der Waals surface area contributed by atoms with Crippen molar-refractivity contribution in [1.82, 2.24) is 29.1 Å². The number of carbonyl (C=O) groups is 1. The number of carboxylic acid groups (broad SMARTS) is 1. The number of piperazine rings is 1. The minimum absolute atomic E-state index is 0.0860. The number of fused-ring (bicyclic) bond motifs is 1. The van der Waals surface area contributed by atoms with E-state index in [2.05, 4.69) is 33.7 Å². The number of aromatic nitrogens is 4. The maximum Gasteiger partial charge on any atom is 0.345 e. The first-order valence-electron chi connectivity index (χ1n) is 19.2. The quantitative estimate of drug-likeness (QED) is 0.129. The van der Waals surface area contributed by atoms with Crippen LogP contribution in [-0.4, -0.2) is 92.7 Å². The number of ether oxygens (including phenoxy) is 3. The van der Waals surface area contributed by atoms with E-state index in [-0.39, 0.29) is 13.0 Å². The fourth-order valence-electron chi connectivity index (χ4n) is 7.51. The number of pyridine rings is 1. The number of carboxylic acids is 1. The molecule has 4 aliphatic rings. The molecule has 8 rings (SSSR count). The van der Waals surface area contributed by atoms with Gasteiger partial charge in [-0.05, 0) is 86.5 Å². The van der Waals surface area contributed by atoms with Crippen LogP contribution in [0.2, 0.25) is 0 Å². The number of aliphatic carboxylic acids is 1. The summed E-state index contributed by atoms with van der Waals surface area (Å²) in [5.74, 6) is 2.25. The van der Waals surface area contributed by atoms with Crippen molar-refractivity contribution in [2.75, 3.05) is 46.4 Å². The number of benzene rings is 1. The molecule has 0 unspecified atom stereocenters. The monoisotopic (exact) mass is 770 g/mol. The molecule has 1 aromatic carbocycles. The Morgan fingerprint density at radius 1 is 1.04 bits per heavy atom. The Kier molecular flexibility index (Phi) is 11.1. The van der Waals surface area contributed by atoms with E-state index in [9.17, 15) is 9.90 Å². The van der Waals surface area contributed by atoms with Gasteiger partial charge in [-0.2, -0.15) is 4.37 Å². The van der Waals surface area contributed by atoms with Crippen LogP contribution in [0.1, 0.15) is 92.0 Å². The van der Waals surface area contributed by atoms with Crippen molar-refractivity contribution >= 4 is 44.8 Å². The van der Waals surface area contributed by atoms with Gasteiger partial charge in [-0.25, -0.2) is 14.8 Å². The van der Waals surface area contributed by atoms with Crippen LogP contribution in [0.3, 0.4) is 0 Å². The number of nitrogens with zero attached hydrogens (tertiary/aromatic N) is 6. The zero-order chi connectivity index (χ0) is 37.2. The molecule has 3 aliphatic carbocycles. The van der Waals surface area contributed by atoms with Crippen molar-refractivity contribution in [2.24, 2.45) is 0 Å². The average Bonchev–Trinajstić information content (AvgIpc) is 3.94. The summed E-state index contributed by atoms with van der Waals surface area (Å²) in [6.07, 6.45) is 9.42. The van der Waals surface area contributed by atoms with E-state index in [1.807, 2.05) is 36.5 Å². The third-order valence-electron chi connectivity index (χ3n) is 11.2. The van der Waals surface area contributed by atoms with Gasteiger partial charge in [0, 0.05) is 75.4 Å². The van der Waals surface area contributed by atoms with Crippen molar-refractivity contribution in [3.63, 3.8) is 0 Å². The maximum atomic E-state index is 12.8. The van der Waals surface area contributed by atoms with Gasteiger partial charge >= 0.3 is 5.97 Å². The van der Waals surface area contributed by atoms with Crippen LogP contribution in [0.4, 0.5) is 0 Å². The number of halogens is 1. The van der Waals surface area contributed by atoms with Gasteiger partial charge in [-0.1, -0.05) is 36.2 Å². The lowest BCUT2D eigenvalue weighted by Gasteiger charge is -2.32. The Balaban J connectivity index is 1.05. The molecule has 0 radical (unpaired) electrons. The fourth-order valence-corrected chi connectivity index (χ4v) is 8.47. The first-order valence-corrected chi connectivity index (χ1v) is 20.3. The highest BCUT2D eigenvalue weighted by Gasteiger charge is 2.33. The molecule has 1 aliphatic heterocycles. The predicted molar refractivity (Wildman–Crippen MR) is 209 cm³/mol. The number of likely N-dealkylation sites (N-methyl/N-ethyl adjacent to an activating group) is 1. The lowest BCUT2D eigenvalue weighted by molar-refractivity contribution is -0.145. The second kappa shape index (κ2) is 16.3. The van der Waals surface area contributed by atoms with Crippen LogP contribution in [0.25, 0.3) is 15.7 Å². The van der Waals surface area contributed by atoms with Crippen molar-refractivity contribution in [3.8, 4) is 11.6 Å². The molecule has 1 atom stereocenters. The normalized spacial score (nSPS) is 19.2. The second-order valence-electron chi connectivity index (χ2n) is 14.9. The van der Waals surface area contributed by atoms with Gasteiger partial charge in [-0.15, -0.1) is 0 Å². The largest absolute Gasteiger partial charge is 0.495 e. The van der Waals surface area contributed by atoms with Crippen molar-refractivity contribution in [1.29, 1.82) is 0 Å². The Labute approximate surface area is 325 Å². The van der Waals surface area contributed by atoms with Gasteiger partial charge in [-0.3, -0.25) is 9.88 Å². The van der Waals surface area contributed by atoms with Crippen LogP contribution in [0, 0.1) is 0 Å². The smallest absolute Gasteiger partial charge is 0.345 e. The van der Waals surface area contributed by atoms with Gasteiger partial charge in [0.2, 0.25) is 12.0 Å². The lowest BCUT2D eigenvalue weighted by Crippen LogP contribution is -2.45. The molecular formula is C41H47ClN6O5S. The Morgan fingerprint density at radius 2 is 1.85 bits per heavy atom. The van der Waals surface area contributed by atoms with Gasteiger partial charge in [0.1, 0.15) is 30.5 Å². The molecule has 1 N–H and O–H groups in total. The Bertz CT molecular complexity index is 2070. The number of allylic oxidation sites excluding steroid dienone is 4. The molecular weight excluding hydrogens is 724 g/mol. The summed E-state index contributed by atoms with van der Waals surface area (Å²) in [6.45, 7) is 8.01. The van der Waals surface area contributed by atoms with E-state index in [1.54, 1.807) is 6.20 Å². The summed E-state index contributed by atoms with van der Waals surface area (Å²) in [7, 11) is 2.16. The van der Waals surface area contributed by atoms with E-state index < -0.39 is 12.1 Å². The number of hydrogen-bond donors (Lipinski definition) is 1. The summed E-state index contributed by atoms with van der Waals surface area (Å²) in [6, 6.07) is 9.34. The lowest BCUT2D eigenvalue weighted by atomic mass is 9.77. The molecule has 1 saturated heterocycles. The number of para-hydroxylation sites is 1. The van der Waals surface area contributed by atoms with E-state index in [0.29, 0.717) is 41.5 Å². The number of rotatable bonds is 15. The molecule has 0 amide bonds. The van der Waals surface area contributed by atoms with Gasteiger partial charge in [0.05, 0.1) is 26.5 Å². The van der Waals surface area contributed by atoms with Crippen LogP contribution in [0.5, 0.6) is 11.6 Å². The summed E-state index contributed by atoms with van der Waals surface area (Å²) >= 11 is 8.37. The van der Waals surface area contributed by atoms with E-state index in [1.165, 1.54) is 11.5 Å². The topological polar surface area (TPSA) is 123 Å². The Hall–Kier alpha value is -4.10. The van der Waals surface area contributed by atoms with Crippen LogP contribution >= 0.6 is 23.1 Å². The predicted octanol–water partition coefficient (Wildman–Crippen LogP) is 7.56. The maximum absolute atomic E-state index is 12.8. The van der Waals surface area contributed by atoms with Gasteiger partial charge in [0.15, 0.2) is 0 Å². The molecule has 13 heteroatoms. The molecule has 0 bridgehead atoms. The van der Waals surface area contributed by atoms with Gasteiger partial charge in [0.25, 0.3) is 0 Å². The summed E-state index contributed by atoms with van der Waals surface area (Å²) < 4.78 is 24.5. The molecule has 11 nitrogen and oxygen atoms in total. The molecule has 284 valence electrons. The highest BCUT2D eigenvalue weighted by Crippen LogP contribution is 2.48. The van der Waals surface area contributed by atoms with Crippen molar-refractivity contribution < 1.29 is 24.1 Å². The van der Waals surface area contributed by atoms with E-state index in [0.717, 1.165) is 127 Å². The van der Waals surface area contributed by atoms with Crippen molar-refractivity contribution in [2.45, 2.75) is 82.8 Å². The first kappa shape index (κ1) is 36.9. The molecule has 0 spiro atoms. The summed E-state index contributed by atoms with van der Waals surface area (Å²) in [4.78, 5) is 31.7. The standard InChI is InChI=1S/C41H47ClN6O5S/c1-25-30(12-13-32(37(25)42)51-21-20-48-18-16-47(2)17-19-48)35-36-34(23-44-38(35)26-7-5-8-26)54-46-40(36)53-33(41(49)50)22-28-6-3-4-9-31(28)52-24-29-14-15-43-39(45-29)27-10-11-27/h3-4,6,9,14-15,23,26-27,33H,5,7-8,10-13,16-22,24H2,1-2H3,(H,49,50)/t33-/m1/s1. The minimum Gasteiger partial charge on any atom is -0.495 e. The molecule has 2 saturated carbocycles. The third-order valence-corrected chi connectivity index (χ3v) is 12.4. The first-order chi connectivity index (χ1) is 26.3. The molecule has 4 heterocycles. The highest BCUT2D eigenvalue weighted by atomic mass is 35.5. The van der Waals surface area contributed by atoms with Crippen LogP contribution in [-0.2, 0) is 22.6 Å². The summed E-state index contributed by atoms with van der Waals surface area (Å²) in [5, 5.41) is 11.9. The number of hydrogen-bond acceptors (Lipinski definition) is 11. The molecule has 4 aromatic rings. The molecule has 54 heavy (non-hydrogen) atoms. The summed E-state index contributed by atoms with van der Waals surface area (Å²) in [5.41, 5.74) is 5.56. The minimum atomic E-state index is -1.21. The zero-order valence-corrected chi connectivity index (χ0v) is 32.5.